The maximum atomic E-state index is 11.7. The van der Waals surface area contributed by atoms with E-state index in [4.69, 9.17) is 9.15 Å². The third kappa shape index (κ3) is 2.07. The van der Waals surface area contributed by atoms with Crippen molar-refractivity contribution in [1.29, 1.82) is 0 Å². The molecule has 2 amide bonds. The van der Waals surface area contributed by atoms with Crippen LogP contribution >= 0.6 is 0 Å². The number of rotatable bonds is 3. The highest BCUT2D eigenvalue weighted by Gasteiger charge is 2.37. The zero-order valence-corrected chi connectivity index (χ0v) is 11.7. The van der Waals surface area contributed by atoms with Gasteiger partial charge in [-0.05, 0) is 12.1 Å². The van der Waals surface area contributed by atoms with Crippen molar-refractivity contribution < 1.29 is 29.0 Å². The second-order valence-electron chi connectivity index (χ2n) is 4.79. The average molecular weight is 303 g/mol. The second-order valence-corrected chi connectivity index (χ2v) is 4.79. The Morgan fingerprint density at radius 2 is 1.82 bits per heavy atom. The number of amides is 2. The van der Waals surface area contributed by atoms with Gasteiger partial charge < -0.3 is 19.4 Å². The summed E-state index contributed by atoms with van der Waals surface area (Å²) < 4.78 is 10.5. The fraction of sp³-hybridized carbons (Fsp3) is 0.200. The molecule has 1 saturated heterocycles. The fourth-order valence-corrected chi connectivity index (χ4v) is 2.32. The van der Waals surface area contributed by atoms with Crippen LogP contribution in [0.1, 0.15) is 12.8 Å². The topological polar surface area (TPSA) is 100 Å². The molecule has 2 aromatic rings. The van der Waals surface area contributed by atoms with Crippen LogP contribution in [0.4, 0.5) is 5.88 Å². The maximum Gasteiger partial charge on any atom is 0.256 e. The van der Waals surface area contributed by atoms with Crippen molar-refractivity contribution in [3.8, 4) is 28.6 Å². The number of anilines is 1. The minimum atomic E-state index is -0.638. The highest BCUT2D eigenvalue weighted by Crippen LogP contribution is 2.48. The number of benzene rings is 1. The Hall–Kier alpha value is -2.96. The Morgan fingerprint density at radius 1 is 1.14 bits per heavy atom. The molecule has 2 heterocycles. The third-order valence-corrected chi connectivity index (χ3v) is 3.43. The van der Waals surface area contributed by atoms with Gasteiger partial charge in [-0.3, -0.25) is 9.59 Å². The standard InChI is InChI=1S/C15H13NO6/c1-21-9-4-2-3-8(7-9)14-12(19)13(20)15(22-14)16-10(17)5-6-11(16)18/h2-4,7,19-20H,5-6H2,1H3. The van der Waals surface area contributed by atoms with Crippen LogP contribution in [0, 0.1) is 0 Å². The lowest BCUT2D eigenvalue weighted by atomic mass is 10.1. The summed E-state index contributed by atoms with van der Waals surface area (Å²) in [6.45, 7) is 0. The van der Waals surface area contributed by atoms with Crippen molar-refractivity contribution in [2.75, 3.05) is 12.0 Å². The number of ether oxygens (including phenoxy) is 1. The normalized spacial score (nSPS) is 14.7. The Balaban J connectivity index is 2.09. The summed E-state index contributed by atoms with van der Waals surface area (Å²) >= 11 is 0. The third-order valence-electron chi connectivity index (χ3n) is 3.43. The number of furan rings is 1. The number of imide groups is 1. The van der Waals surface area contributed by atoms with Crippen molar-refractivity contribution in [2.45, 2.75) is 12.8 Å². The molecule has 1 fully saturated rings. The number of hydrogen-bond donors (Lipinski definition) is 2. The number of carbonyl (C=O) groups excluding carboxylic acids is 2. The minimum absolute atomic E-state index is 0.0427. The van der Waals surface area contributed by atoms with Crippen molar-refractivity contribution >= 4 is 17.7 Å². The van der Waals surface area contributed by atoms with Gasteiger partial charge in [-0.15, -0.1) is 0 Å². The first-order valence-corrected chi connectivity index (χ1v) is 6.58. The molecule has 22 heavy (non-hydrogen) atoms. The molecule has 1 aliphatic heterocycles. The lowest BCUT2D eigenvalue weighted by molar-refractivity contribution is -0.121. The van der Waals surface area contributed by atoms with E-state index in [0.717, 1.165) is 4.90 Å². The molecule has 3 rings (SSSR count). The summed E-state index contributed by atoms with van der Waals surface area (Å²) in [6.07, 6.45) is 0.0997. The molecule has 0 atom stereocenters. The van der Waals surface area contributed by atoms with E-state index in [9.17, 15) is 19.8 Å². The highest BCUT2D eigenvalue weighted by molar-refractivity contribution is 6.20. The van der Waals surface area contributed by atoms with Crippen molar-refractivity contribution in [2.24, 2.45) is 0 Å². The monoisotopic (exact) mass is 303 g/mol. The summed E-state index contributed by atoms with van der Waals surface area (Å²) in [5.41, 5.74) is 0.442. The molecule has 1 aliphatic rings. The zero-order valence-electron chi connectivity index (χ0n) is 11.7. The van der Waals surface area contributed by atoms with E-state index in [1.807, 2.05) is 0 Å². The Bertz CT molecular complexity index is 747. The molecule has 0 radical (unpaired) electrons. The first-order valence-electron chi connectivity index (χ1n) is 6.58. The summed E-state index contributed by atoms with van der Waals surface area (Å²) in [4.78, 5) is 24.2. The molecular weight excluding hydrogens is 290 g/mol. The van der Waals surface area contributed by atoms with E-state index in [1.165, 1.54) is 7.11 Å². The Labute approximate surface area is 125 Å². The zero-order chi connectivity index (χ0) is 15.9. The second kappa shape index (κ2) is 5.10. The van der Waals surface area contributed by atoms with Gasteiger partial charge in [-0.1, -0.05) is 12.1 Å². The molecule has 2 N–H and O–H groups in total. The van der Waals surface area contributed by atoms with Gasteiger partial charge in [0.2, 0.25) is 23.3 Å². The van der Waals surface area contributed by atoms with Crippen LogP contribution in [0.2, 0.25) is 0 Å². The minimum Gasteiger partial charge on any atom is -0.502 e. The van der Waals surface area contributed by atoms with E-state index in [0.29, 0.717) is 11.3 Å². The first kappa shape index (κ1) is 14.0. The molecule has 7 heteroatoms. The smallest absolute Gasteiger partial charge is 0.256 e. The van der Waals surface area contributed by atoms with Crippen LogP contribution in [-0.2, 0) is 9.59 Å². The number of carbonyl (C=O) groups is 2. The van der Waals surface area contributed by atoms with Gasteiger partial charge in [-0.25, -0.2) is 4.90 Å². The molecular formula is C15H13NO6. The molecule has 114 valence electrons. The number of nitrogens with zero attached hydrogens (tertiary/aromatic N) is 1. The quantitative estimate of drug-likeness (QED) is 0.841. The van der Waals surface area contributed by atoms with Gasteiger partial charge in [0.25, 0.3) is 5.88 Å². The summed E-state index contributed by atoms with van der Waals surface area (Å²) in [6, 6.07) is 6.62. The summed E-state index contributed by atoms with van der Waals surface area (Å²) in [5, 5.41) is 20.0. The molecule has 0 spiro atoms. The van der Waals surface area contributed by atoms with E-state index in [2.05, 4.69) is 0 Å². The van der Waals surface area contributed by atoms with Gasteiger partial charge in [0.1, 0.15) is 5.75 Å². The Kier molecular flexibility index (Phi) is 3.25. The first-order chi connectivity index (χ1) is 10.5. The van der Waals surface area contributed by atoms with E-state index in [-0.39, 0.29) is 24.5 Å². The predicted molar refractivity (Wildman–Crippen MR) is 75.8 cm³/mol. The van der Waals surface area contributed by atoms with Gasteiger partial charge in [0.15, 0.2) is 5.76 Å². The molecule has 7 nitrogen and oxygen atoms in total. The van der Waals surface area contributed by atoms with Crippen molar-refractivity contribution in [1.82, 2.24) is 0 Å². The molecule has 0 bridgehead atoms. The summed E-state index contributed by atoms with van der Waals surface area (Å²) in [5.74, 6) is -2.00. The Morgan fingerprint density at radius 3 is 2.45 bits per heavy atom. The number of aromatic hydroxyl groups is 2. The molecule has 0 aliphatic carbocycles. The van der Waals surface area contributed by atoms with Crippen molar-refractivity contribution in [3.05, 3.63) is 24.3 Å². The van der Waals surface area contributed by atoms with Gasteiger partial charge in [0.05, 0.1) is 7.11 Å². The average Bonchev–Trinajstić information content (AvgIpc) is 3.00. The lowest BCUT2D eigenvalue weighted by Crippen LogP contribution is -2.28. The number of hydrogen-bond acceptors (Lipinski definition) is 6. The van der Waals surface area contributed by atoms with Crippen LogP contribution in [0.3, 0.4) is 0 Å². The van der Waals surface area contributed by atoms with Crippen LogP contribution in [0.25, 0.3) is 11.3 Å². The maximum absolute atomic E-state index is 11.7. The molecule has 0 saturated carbocycles. The molecule has 1 aromatic carbocycles. The fourth-order valence-electron chi connectivity index (χ4n) is 2.32. The van der Waals surface area contributed by atoms with Crippen LogP contribution < -0.4 is 9.64 Å². The lowest BCUT2D eigenvalue weighted by Gasteiger charge is -2.09. The van der Waals surface area contributed by atoms with Gasteiger partial charge >= 0.3 is 0 Å². The molecule has 1 aromatic heterocycles. The van der Waals surface area contributed by atoms with Crippen molar-refractivity contribution in [3.63, 3.8) is 0 Å². The van der Waals surface area contributed by atoms with Crippen LogP contribution in [0.15, 0.2) is 28.7 Å². The van der Waals surface area contributed by atoms with Gasteiger partial charge in [0, 0.05) is 18.4 Å². The predicted octanol–water partition coefficient (Wildman–Crippen LogP) is 2.02. The van der Waals surface area contributed by atoms with Crippen LogP contribution in [-0.4, -0.2) is 29.1 Å². The largest absolute Gasteiger partial charge is 0.502 e. The van der Waals surface area contributed by atoms with E-state index >= 15 is 0 Å². The SMILES string of the molecule is COc1cccc(-c2oc(N3C(=O)CCC3=O)c(O)c2O)c1. The molecule has 0 unspecified atom stereocenters. The number of methoxy groups -OCH3 is 1. The summed E-state index contributed by atoms with van der Waals surface area (Å²) in [7, 11) is 1.49. The van der Waals surface area contributed by atoms with Crippen LogP contribution in [0.5, 0.6) is 17.2 Å². The highest BCUT2D eigenvalue weighted by atomic mass is 16.5. The van der Waals surface area contributed by atoms with E-state index < -0.39 is 23.3 Å². The van der Waals surface area contributed by atoms with E-state index in [1.54, 1.807) is 24.3 Å². The van der Waals surface area contributed by atoms with Gasteiger partial charge in [-0.2, -0.15) is 0 Å².